The van der Waals surface area contributed by atoms with Crippen LogP contribution >= 0.6 is 0 Å². The van der Waals surface area contributed by atoms with Gasteiger partial charge in [0.05, 0.1) is 0 Å². The average Bonchev–Trinajstić information content (AvgIpc) is 3.26. The minimum Gasteiger partial charge on any atom is -0.872 e. The first kappa shape index (κ1) is 39.2. The van der Waals surface area contributed by atoms with Crippen molar-refractivity contribution in [3.63, 3.8) is 0 Å². The van der Waals surface area contributed by atoms with Crippen LogP contribution in [-0.4, -0.2) is 15.3 Å². The van der Waals surface area contributed by atoms with Gasteiger partial charge in [-0.3, -0.25) is 4.48 Å². The highest BCUT2D eigenvalue weighted by molar-refractivity contribution is 5.48. The van der Waals surface area contributed by atoms with Crippen molar-refractivity contribution in [3.05, 3.63) is 257 Å². The Bertz CT molecular complexity index is 2140. The molecule has 0 aromatic heterocycles. The lowest BCUT2D eigenvalue weighted by Gasteiger charge is -2.39. The van der Waals surface area contributed by atoms with Crippen molar-refractivity contribution >= 4 is 5.69 Å². The SMILES string of the molecule is [O-]c1ccc(C(c2ccc(O)cc2)C(c2ccc(O)cc2)c2ccc(O)cc2)cc1.c1ccc(C[N+](Cc2ccccc2)(Cc2ccccc2)c2ccccc2)cc1. The summed E-state index contributed by atoms with van der Waals surface area (Å²) in [6, 6.07) is 71.4. The fourth-order valence-electron chi connectivity index (χ4n) is 7.86. The molecule has 8 aromatic carbocycles. The summed E-state index contributed by atoms with van der Waals surface area (Å²) >= 11 is 0. The van der Waals surface area contributed by atoms with E-state index in [9.17, 15) is 20.4 Å². The third-order valence-corrected chi connectivity index (χ3v) is 10.6. The summed E-state index contributed by atoms with van der Waals surface area (Å²) in [5.74, 6) is 0.154. The van der Waals surface area contributed by atoms with Gasteiger partial charge in [0.15, 0.2) is 0 Å². The van der Waals surface area contributed by atoms with Crippen LogP contribution < -0.4 is 9.59 Å². The number of benzene rings is 8. The Labute approximate surface area is 341 Å². The van der Waals surface area contributed by atoms with E-state index in [0.29, 0.717) is 0 Å². The molecule has 1 unspecified atom stereocenters. The van der Waals surface area contributed by atoms with Crippen molar-refractivity contribution in [2.24, 2.45) is 0 Å². The number of hydrogen-bond acceptors (Lipinski definition) is 4. The monoisotopic (exact) mass is 761 g/mol. The van der Waals surface area contributed by atoms with Crippen LogP contribution in [0.2, 0.25) is 0 Å². The smallest absolute Gasteiger partial charge is 0.133 e. The molecule has 0 amide bonds. The molecule has 0 bridgehead atoms. The number of aromatic hydroxyl groups is 3. The van der Waals surface area contributed by atoms with Crippen LogP contribution in [0.3, 0.4) is 0 Å². The van der Waals surface area contributed by atoms with Crippen LogP contribution in [0.5, 0.6) is 23.0 Å². The molecule has 5 heteroatoms. The second-order valence-corrected chi connectivity index (χ2v) is 14.7. The highest BCUT2D eigenvalue weighted by Crippen LogP contribution is 2.44. The van der Waals surface area contributed by atoms with Gasteiger partial charge in [0.25, 0.3) is 0 Å². The van der Waals surface area contributed by atoms with Gasteiger partial charge in [-0.1, -0.05) is 170 Å². The first-order valence-electron chi connectivity index (χ1n) is 19.5. The molecule has 58 heavy (non-hydrogen) atoms. The molecule has 0 heterocycles. The van der Waals surface area contributed by atoms with E-state index < -0.39 is 0 Å². The minimum absolute atomic E-state index is 0.0611. The number of phenolic OH excluding ortho intramolecular Hbond substituents is 3. The number of para-hydroxylation sites is 1. The zero-order valence-electron chi connectivity index (χ0n) is 32.3. The second kappa shape index (κ2) is 18.7. The van der Waals surface area contributed by atoms with Crippen molar-refractivity contribution in [2.75, 3.05) is 0 Å². The molecule has 5 nitrogen and oxygen atoms in total. The number of hydrogen-bond donors (Lipinski definition) is 3. The standard InChI is InChI=1S/C27H26N.C26H22O4/c1-5-13-24(14-6-1)21-28(27-19-11-4-12-20-27,22-25-15-7-2-8-16-25)23-26-17-9-3-10-18-26;27-21-9-1-17(2-10-21)25(18-3-11-22(28)12-4-18)26(19-5-13-23(29)14-6-19)20-7-15-24(30)16-8-20/h1-20H,21-23H2;1-16,25-30H/q+1;/p-1. The molecule has 0 aliphatic carbocycles. The van der Waals surface area contributed by atoms with Crippen LogP contribution in [0.15, 0.2) is 218 Å². The predicted octanol–water partition coefficient (Wildman–Crippen LogP) is 11.4. The molecule has 8 aromatic rings. The maximum Gasteiger partial charge on any atom is 0.133 e. The van der Waals surface area contributed by atoms with E-state index in [1.54, 1.807) is 48.5 Å². The summed E-state index contributed by atoms with van der Waals surface area (Å²) in [6.45, 7) is 2.86. The number of rotatable bonds is 12. The van der Waals surface area contributed by atoms with E-state index in [0.717, 1.165) is 46.4 Å². The Balaban J connectivity index is 0.000000177. The Morgan fingerprint density at radius 1 is 0.328 bits per heavy atom. The Hall–Kier alpha value is -7.08. The lowest BCUT2D eigenvalue weighted by molar-refractivity contribution is -0.268. The van der Waals surface area contributed by atoms with Crippen LogP contribution in [0, 0.1) is 0 Å². The van der Waals surface area contributed by atoms with E-state index in [1.165, 1.54) is 22.4 Å². The lowest BCUT2D eigenvalue weighted by Crippen LogP contribution is -2.47. The minimum atomic E-state index is -0.166. The molecule has 0 fully saturated rings. The molecule has 3 N–H and O–H groups in total. The summed E-state index contributed by atoms with van der Waals surface area (Å²) in [4.78, 5) is 0. The van der Waals surface area contributed by atoms with Crippen molar-refractivity contribution in [1.29, 1.82) is 0 Å². The molecule has 0 spiro atoms. The molecule has 8 rings (SSSR count). The van der Waals surface area contributed by atoms with Crippen molar-refractivity contribution in [1.82, 2.24) is 4.48 Å². The van der Waals surface area contributed by atoms with E-state index in [1.807, 2.05) is 48.5 Å². The molecular formula is C53H47NO4. The molecule has 0 saturated carbocycles. The molecule has 0 aliphatic rings. The van der Waals surface area contributed by atoms with E-state index in [2.05, 4.69) is 121 Å². The fourth-order valence-corrected chi connectivity index (χ4v) is 7.86. The number of phenols is 3. The van der Waals surface area contributed by atoms with Gasteiger partial charge in [-0.2, -0.15) is 0 Å². The van der Waals surface area contributed by atoms with Crippen molar-refractivity contribution in [3.8, 4) is 23.0 Å². The van der Waals surface area contributed by atoms with Gasteiger partial charge < -0.3 is 20.4 Å². The lowest BCUT2D eigenvalue weighted by atomic mass is 9.73. The number of quaternary nitrogens is 1. The van der Waals surface area contributed by atoms with Gasteiger partial charge in [-0.15, -0.1) is 5.75 Å². The van der Waals surface area contributed by atoms with Gasteiger partial charge in [-0.05, 0) is 70.8 Å². The maximum absolute atomic E-state index is 11.7. The summed E-state index contributed by atoms with van der Waals surface area (Å²) in [5.41, 5.74) is 9.29. The van der Waals surface area contributed by atoms with Gasteiger partial charge >= 0.3 is 0 Å². The van der Waals surface area contributed by atoms with Gasteiger partial charge in [0, 0.05) is 28.5 Å². The van der Waals surface area contributed by atoms with Crippen molar-refractivity contribution in [2.45, 2.75) is 31.5 Å². The molecule has 288 valence electrons. The molecule has 1 atom stereocenters. The summed E-state index contributed by atoms with van der Waals surface area (Å²) < 4.78 is 0.860. The summed E-state index contributed by atoms with van der Waals surface area (Å²) in [5, 5.41) is 41.1. The van der Waals surface area contributed by atoms with Crippen LogP contribution in [-0.2, 0) is 19.6 Å². The van der Waals surface area contributed by atoms with Crippen LogP contribution in [0.25, 0.3) is 0 Å². The van der Waals surface area contributed by atoms with Gasteiger partial charge in [0.1, 0.15) is 42.6 Å². The third-order valence-electron chi connectivity index (χ3n) is 10.6. The molecular weight excluding hydrogens is 715 g/mol. The summed E-state index contributed by atoms with van der Waals surface area (Å²) in [7, 11) is 0. The Morgan fingerprint density at radius 2 is 0.586 bits per heavy atom. The highest BCUT2D eigenvalue weighted by atomic mass is 16.3. The van der Waals surface area contributed by atoms with Crippen LogP contribution in [0.1, 0.15) is 50.8 Å². The predicted molar refractivity (Wildman–Crippen MR) is 233 cm³/mol. The maximum atomic E-state index is 11.7. The molecule has 0 radical (unpaired) electrons. The zero-order valence-corrected chi connectivity index (χ0v) is 32.3. The first-order chi connectivity index (χ1) is 28.3. The van der Waals surface area contributed by atoms with Crippen molar-refractivity contribution < 1.29 is 20.4 Å². The largest absolute Gasteiger partial charge is 0.872 e. The number of nitrogens with zero attached hydrogens (tertiary/aromatic N) is 1. The third kappa shape index (κ3) is 10.0. The van der Waals surface area contributed by atoms with Crippen LogP contribution in [0.4, 0.5) is 5.69 Å². The fraction of sp³-hybridized carbons (Fsp3) is 0.0943. The quantitative estimate of drug-likeness (QED) is 0.108. The van der Waals surface area contributed by atoms with E-state index in [4.69, 9.17) is 0 Å². The Kier molecular flexibility index (Phi) is 12.6. The average molecular weight is 762 g/mol. The zero-order chi connectivity index (χ0) is 40.2. The second-order valence-electron chi connectivity index (χ2n) is 14.7. The highest BCUT2D eigenvalue weighted by Gasteiger charge is 2.32. The van der Waals surface area contributed by atoms with Gasteiger partial charge in [0.2, 0.25) is 0 Å². The topological polar surface area (TPSA) is 83.8 Å². The summed E-state index contributed by atoms with van der Waals surface area (Å²) in [6.07, 6.45) is 0. The van der Waals surface area contributed by atoms with E-state index in [-0.39, 0.29) is 34.8 Å². The van der Waals surface area contributed by atoms with Gasteiger partial charge in [-0.25, -0.2) is 0 Å². The normalized spacial score (nSPS) is 11.7. The molecule has 0 saturated heterocycles. The molecule has 0 aliphatic heterocycles. The Morgan fingerprint density at radius 3 is 0.879 bits per heavy atom. The first-order valence-corrected chi connectivity index (χ1v) is 19.5. The van der Waals surface area contributed by atoms with E-state index >= 15 is 0 Å².